The summed E-state index contributed by atoms with van der Waals surface area (Å²) < 4.78 is 4.97. The summed E-state index contributed by atoms with van der Waals surface area (Å²) in [6.45, 7) is 3.86. The first-order valence-electron chi connectivity index (χ1n) is 6.31. The highest BCUT2D eigenvalue weighted by Gasteiger charge is 2.18. The summed E-state index contributed by atoms with van der Waals surface area (Å²) in [5.41, 5.74) is 6.58. The molecule has 21 heavy (non-hydrogen) atoms. The molecule has 2 heterocycles. The molecule has 0 aliphatic heterocycles. The number of rotatable bonds is 4. The number of ether oxygens (including phenoxy) is 1. The second-order valence-electron chi connectivity index (χ2n) is 4.25. The highest BCUT2D eigenvalue weighted by Crippen LogP contribution is 2.28. The van der Waals surface area contributed by atoms with Crippen molar-refractivity contribution in [3.63, 3.8) is 0 Å². The summed E-state index contributed by atoms with van der Waals surface area (Å²) >= 11 is 1.31. The monoisotopic (exact) mass is 305 g/mol. The van der Waals surface area contributed by atoms with E-state index in [1.807, 2.05) is 6.92 Å². The number of nitrogens with zero attached hydrogens (tertiary/aromatic N) is 1. The predicted octanol–water partition coefficient (Wildman–Crippen LogP) is 2.46. The number of nitrogens with one attached hydrogen (secondary N) is 1. The van der Waals surface area contributed by atoms with Crippen LogP contribution in [0.4, 0.5) is 10.7 Å². The van der Waals surface area contributed by atoms with Gasteiger partial charge in [-0.3, -0.25) is 4.79 Å². The Bertz CT molecular complexity index is 665. The molecular weight excluding hydrogens is 290 g/mol. The molecule has 0 bridgehead atoms. The van der Waals surface area contributed by atoms with Crippen molar-refractivity contribution in [3.8, 4) is 0 Å². The third-order valence-electron chi connectivity index (χ3n) is 2.60. The lowest BCUT2D eigenvalue weighted by Crippen LogP contribution is -2.15. The fraction of sp³-hybridized carbons (Fsp3) is 0.214. The van der Waals surface area contributed by atoms with E-state index < -0.39 is 11.9 Å². The number of hydrogen-bond donors (Lipinski definition) is 2. The van der Waals surface area contributed by atoms with Gasteiger partial charge in [0.1, 0.15) is 10.7 Å². The number of esters is 1. The van der Waals surface area contributed by atoms with Gasteiger partial charge in [0.25, 0.3) is 5.91 Å². The maximum atomic E-state index is 12.1. The fourth-order valence-electron chi connectivity index (χ4n) is 1.67. The van der Waals surface area contributed by atoms with Crippen molar-refractivity contribution in [1.29, 1.82) is 0 Å². The van der Waals surface area contributed by atoms with Crippen LogP contribution < -0.4 is 11.1 Å². The Morgan fingerprint density at radius 2 is 2.19 bits per heavy atom. The molecule has 0 saturated heterocycles. The Balaban J connectivity index is 2.21. The van der Waals surface area contributed by atoms with E-state index in [2.05, 4.69) is 10.3 Å². The normalized spacial score (nSPS) is 10.2. The van der Waals surface area contributed by atoms with Crippen molar-refractivity contribution >= 4 is 33.9 Å². The molecule has 0 fully saturated rings. The molecule has 2 aromatic heterocycles. The van der Waals surface area contributed by atoms with Gasteiger partial charge in [-0.25, -0.2) is 9.78 Å². The molecule has 0 aromatic carbocycles. The van der Waals surface area contributed by atoms with Crippen LogP contribution in [-0.2, 0) is 4.74 Å². The van der Waals surface area contributed by atoms with Gasteiger partial charge in [0, 0.05) is 4.88 Å². The zero-order chi connectivity index (χ0) is 15.4. The van der Waals surface area contributed by atoms with Crippen LogP contribution >= 0.6 is 11.3 Å². The summed E-state index contributed by atoms with van der Waals surface area (Å²) in [5.74, 6) is -0.857. The molecule has 0 saturated carbocycles. The number of aryl methyl sites for hydroxylation is 1. The number of carbonyl (C=O) groups excluding carboxylic acids is 2. The minimum atomic E-state index is -0.456. The highest BCUT2D eigenvalue weighted by molar-refractivity contribution is 7.16. The Kier molecular flexibility index (Phi) is 4.54. The molecular formula is C14H15N3O3S. The Labute approximate surface area is 125 Å². The third kappa shape index (κ3) is 3.57. The summed E-state index contributed by atoms with van der Waals surface area (Å²) in [7, 11) is 0. The third-order valence-corrected chi connectivity index (χ3v) is 3.56. The largest absolute Gasteiger partial charge is 0.462 e. The molecule has 0 unspecified atom stereocenters. The predicted molar refractivity (Wildman–Crippen MR) is 81.6 cm³/mol. The minimum Gasteiger partial charge on any atom is -0.462 e. The number of thiophene rings is 1. The molecule has 3 N–H and O–H groups in total. The molecule has 1 amide bonds. The van der Waals surface area contributed by atoms with Crippen molar-refractivity contribution in [2.75, 3.05) is 17.7 Å². The maximum absolute atomic E-state index is 12.1. The van der Waals surface area contributed by atoms with Crippen molar-refractivity contribution in [3.05, 3.63) is 40.5 Å². The Morgan fingerprint density at radius 1 is 1.43 bits per heavy atom. The van der Waals surface area contributed by atoms with Crippen LogP contribution in [0.3, 0.4) is 0 Å². The lowest BCUT2D eigenvalue weighted by Gasteiger charge is -2.05. The van der Waals surface area contributed by atoms with E-state index in [0.717, 1.165) is 4.88 Å². The fourth-order valence-corrected chi connectivity index (χ4v) is 2.57. The smallest absolute Gasteiger partial charge is 0.341 e. The molecule has 6 nitrogen and oxygen atoms in total. The topological polar surface area (TPSA) is 94.3 Å². The summed E-state index contributed by atoms with van der Waals surface area (Å²) in [4.78, 5) is 28.8. The van der Waals surface area contributed by atoms with Gasteiger partial charge in [-0.1, -0.05) is 0 Å². The number of hydrogen-bond acceptors (Lipinski definition) is 6. The Hall–Kier alpha value is -2.41. The SMILES string of the molecule is CCOC(=O)c1cc(C)sc1NC(=O)c1ccc(N)cn1. The number of aromatic nitrogens is 1. The lowest BCUT2D eigenvalue weighted by atomic mass is 10.3. The van der Waals surface area contributed by atoms with Gasteiger partial charge in [0.2, 0.25) is 0 Å². The van der Waals surface area contributed by atoms with Crippen molar-refractivity contribution in [2.24, 2.45) is 0 Å². The van der Waals surface area contributed by atoms with Crippen LogP contribution in [0.25, 0.3) is 0 Å². The average molecular weight is 305 g/mol. The van der Waals surface area contributed by atoms with Crippen molar-refractivity contribution in [1.82, 2.24) is 4.98 Å². The van der Waals surface area contributed by atoms with Crippen LogP contribution in [-0.4, -0.2) is 23.5 Å². The molecule has 0 aliphatic carbocycles. The van der Waals surface area contributed by atoms with Gasteiger partial charge in [0.15, 0.2) is 0 Å². The van der Waals surface area contributed by atoms with E-state index in [9.17, 15) is 9.59 Å². The van der Waals surface area contributed by atoms with Crippen molar-refractivity contribution < 1.29 is 14.3 Å². The van der Waals surface area contributed by atoms with E-state index in [1.54, 1.807) is 19.1 Å². The number of anilines is 2. The van der Waals surface area contributed by atoms with E-state index in [4.69, 9.17) is 10.5 Å². The minimum absolute atomic E-state index is 0.227. The van der Waals surface area contributed by atoms with Gasteiger partial charge in [-0.15, -0.1) is 11.3 Å². The summed E-state index contributed by atoms with van der Waals surface area (Å²) in [6.07, 6.45) is 1.40. The second kappa shape index (κ2) is 6.36. The van der Waals surface area contributed by atoms with Crippen LogP contribution in [0.1, 0.15) is 32.6 Å². The van der Waals surface area contributed by atoms with E-state index in [0.29, 0.717) is 16.3 Å². The molecule has 0 aliphatic rings. The first-order valence-corrected chi connectivity index (χ1v) is 7.13. The van der Waals surface area contributed by atoms with Crippen molar-refractivity contribution in [2.45, 2.75) is 13.8 Å². The van der Waals surface area contributed by atoms with Crippen LogP contribution in [0.2, 0.25) is 0 Å². The molecule has 110 valence electrons. The highest BCUT2D eigenvalue weighted by atomic mass is 32.1. The average Bonchev–Trinajstić information content (AvgIpc) is 2.80. The van der Waals surface area contributed by atoms with Gasteiger partial charge in [-0.2, -0.15) is 0 Å². The Morgan fingerprint density at radius 3 is 2.81 bits per heavy atom. The lowest BCUT2D eigenvalue weighted by molar-refractivity contribution is 0.0528. The van der Waals surface area contributed by atoms with Gasteiger partial charge >= 0.3 is 5.97 Å². The maximum Gasteiger partial charge on any atom is 0.341 e. The molecule has 7 heteroatoms. The van der Waals surface area contributed by atoms with E-state index >= 15 is 0 Å². The molecule has 2 rings (SSSR count). The zero-order valence-corrected chi connectivity index (χ0v) is 12.5. The molecule has 2 aromatic rings. The van der Waals surface area contributed by atoms with Crippen LogP contribution in [0.15, 0.2) is 24.4 Å². The number of nitrogen functional groups attached to an aromatic ring is 1. The van der Waals surface area contributed by atoms with E-state index in [-0.39, 0.29) is 12.3 Å². The summed E-state index contributed by atoms with van der Waals surface area (Å²) in [6, 6.07) is 4.80. The second-order valence-corrected chi connectivity index (χ2v) is 5.51. The quantitative estimate of drug-likeness (QED) is 0.846. The molecule has 0 spiro atoms. The first-order chi connectivity index (χ1) is 10.0. The van der Waals surface area contributed by atoms with Crippen LogP contribution in [0, 0.1) is 6.92 Å². The van der Waals surface area contributed by atoms with Crippen LogP contribution in [0.5, 0.6) is 0 Å². The summed E-state index contributed by atoms with van der Waals surface area (Å²) in [5, 5.41) is 3.14. The standard InChI is InChI=1S/C14H15N3O3S/c1-3-20-14(19)10-6-8(2)21-13(10)17-12(18)11-5-4-9(15)7-16-11/h4-7H,3,15H2,1-2H3,(H,17,18). The van der Waals surface area contributed by atoms with E-state index in [1.165, 1.54) is 23.6 Å². The van der Waals surface area contributed by atoms with Gasteiger partial charge < -0.3 is 15.8 Å². The molecule has 0 radical (unpaired) electrons. The van der Waals surface area contributed by atoms with Gasteiger partial charge in [0.05, 0.1) is 24.1 Å². The van der Waals surface area contributed by atoms with Gasteiger partial charge in [-0.05, 0) is 32.0 Å². The number of nitrogens with two attached hydrogens (primary N) is 1. The number of carbonyl (C=O) groups is 2. The number of amides is 1. The number of pyridine rings is 1. The first kappa shape index (κ1) is 15.0. The zero-order valence-electron chi connectivity index (χ0n) is 11.7. The molecule has 0 atom stereocenters.